The lowest BCUT2D eigenvalue weighted by molar-refractivity contribution is -0.670. The fraction of sp³-hybridized carbons (Fsp3) is 0.692. The number of carbonyl (C=O) groups excluding carboxylic acids is 1. The first-order valence-electron chi connectivity index (χ1n) is 6.38. The molecule has 4 nitrogen and oxygen atoms in total. The molecule has 0 bridgehead atoms. The van der Waals surface area contributed by atoms with Gasteiger partial charge in [-0.15, -0.1) is 0 Å². The van der Waals surface area contributed by atoms with Gasteiger partial charge in [0.25, 0.3) is 6.33 Å². The Morgan fingerprint density at radius 1 is 1.47 bits per heavy atom. The van der Waals surface area contributed by atoms with Crippen molar-refractivity contribution in [2.75, 3.05) is 7.05 Å². The lowest BCUT2D eigenvalue weighted by Gasteiger charge is -2.32. The van der Waals surface area contributed by atoms with Crippen LogP contribution >= 0.6 is 0 Å². The van der Waals surface area contributed by atoms with Crippen molar-refractivity contribution in [1.29, 1.82) is 0 Å². The van der Waals surface area contributed by atoms with Crippen LogP contribution in [0, 0.1) is 5.92 Å². The van der Waals surface area contributed by atoms with Crippen LogP contribution in [0.2, 0.25) is 0 Å². The van der Waals surface area contributed by atoms with E-state index in [1.165, 1.54) is 12.8 Å². The zero-order chi connectivity index (χ0) is 12.4. The van der Waals surface area contributed by atoms with E-state index in [9.17, 15) is 4.79 Å². The highest BCUT2D eigenvalue weighted by atomic mass is 16.2. The van der Waals surface area contributed by atoms with Gasteiger partial charge in [-0.2, -0.15) is 4.57 Å². The highest BCUT2D eigenvalue weighted by molar-refractivity contribution is 5.76. The first-order chi connectivity index (χ1) is 8.08. The number of carbonyl (C=O) groups is 1. The van der Waals surface area contributed by atoms with E-state index in [1.54, 1.807) is 4.57 Å². The highest BCUT2D eigenvalue weighted by Gasteiger charge is 2.28. The predicted octanol–water partition coefficient (Wildman–Crippen LogP) is 1.79. The van der Waals surface area contributed by atoms with Gasteiger partial charge in [0.2, 0.25) is 0 Å². The van der Waals surface area contributed by atoms with Crippen molar-refractivity contribution in [1.82, 2.24) is 9.47 Å². The fourth-order valence-corrected chi connectivity index (χ4v) is 2.66. The topological polar surface area (TPSA) is 29.1 Å². The van der Waals surface area contributed by atoms with Crippen molar-refractivity contribution >= 4 is 6.03 Å². The lowest BCUT2D eigenvalue weighted by Crippen LogP contribution is -2.42. The summed E-state index contributed by atoms with van der Waals surface area (Å²) in [4.78, 5) is 14.1. The number of hydrogen-bond acceptors (Lipinski definition) is 1. The second kappa shape index (κ2) is 4.90. The molecule has 2 atom stereocenters. The van der Waals surface area contributed by atoms with Gasteiger partial charge in [0.05, 0.1) is 7.05 Å². The average molecular weight is 236 g/mol. The molecule has 2 unspecified atom stereocenters. The maximum Gasteiger partial charge on any atom is 0.415 e. The van der Waals surface area contributed by atoms with Crippen LogP contribution in [-0.4, -0.2) is 28.6 Å². The van der Waals surface area contributed by atoms with Crippen molar-refractivity contribution in [2.45, 2.75) is 38.6 Å². The van der Waals surface area contributed by atoms with Gasteiger partial charge in [-0.1, -0.05) is 19.8 Å². The lowest BCUT2D eigenvalue weighted by atomic mass is 9.86. The van der Waals surface area contributed by atoms with Gasteiger partial charge in [0.1, 0.15) is 12.4 Å². The van der Waals surface area contributed by atoms with Crippen LogP contribution < -0.4 is 4.57 Å². The summed E-state index contributed by atoms with van der Waals surface area (Å²) in [5.41, 5.74) is 0. The Kier molecular flexibility index (Phi) is 3.50. The number of aromatic nitrogens is 2. The number of rotatable bonds is 1. The summed E-state index contributed by atoms with van der Waals surface area (Å²) in [5.74, 6) is 0.741. The molecular weight excluding hydrogens is 214 g/mol. The number of aryl methyl sites for hydroxylation is 1. The molecule has 0 aromatic carbocycles. The van der Waals surface area contributed by atoms with E-state index in [-0.39, 0.29) is 6.03 Å². The third kappa shape index (κ3) is 2.68. The first kappa shape index (κ1) is 12.1. The molecule has 0 spiro atoms. The van der Waals surface area contributed by atoms with Gasteiger partial charge in [-0.3, -0.25) is 0 Å². The fourth-order valence-electron chi connectivity index (χ4n) is 2.66. The van der Waals surface area contributed by atoms with Crippen LogP contribution in [0.5, 0.6) is 0 Å². The van der Waals surface area contributed by atoms with E-state index in [1.807, 2.05) is 42.3 Å². The molecule has 4 heteroatoms. The molecule has 0 radical (unpaired) electrons. The predicted molar refractivity (Wildman–Crippen MR) is 65.6 cm³/mol. The maximum absolute atomic E-state index is 12.2. The van der Waals surface area contributed by atoms with E-state index in [0.717, 1.165) is 18.8 Å². The largest absolute Gasteiger partial charge is 0.415 e. The monoisotopic (exact) mass is 236 g/mol. The van der Waals surface area contributed by atoms with E-state index < -0.39 is 0 Å². The Morgan fingerprint density at radius 2 is 2.24 bits per heavy atom. The Morgan fingerprint density at radius 3 is 2.82 bits per heavy atom. The number of amides is 1. The summed E-state index contributed by atoms with van der Waals surface area (Å²) in [7, 11) is 3.84. The summed E-state index contributed by atoms with van der Waals surface area (Å²) in [5, 5.41) is 0. The van der Waals surface area contributed by atoms with Crippen molar-refractivity contribution in [3.8, 4) is 0 Å². The Labute approximate surface area is 103 Å². The normalized spacial score (nSPS) is 24.6. The second-order valence-electron chi connectivity index (χ2n) is 5.31. The first-order valence-corrected chi connectivity index (χ1v) is 6.38. The minimum Gasteiger partial charge on any atom is -0.304 e. The van der Waals surface area contributed by atoms with Crippen LogP contribution in [0.15, 0.2) is 18.7 Å². The molecule has 0 aliphatic heterocycles. The quantitative estimate of drug-likeness (QED) is 0.683. The van der Waals surface area contributed by atoms with E-state index in [0.29, 0.717) is 6.04 Å². The summed E-state index contributed by atoms with van der Waals surface area (Å²) in [6.07, 6.45) is 10.3. The molecule has 1 saturated carbocycles. The molecule has 1 fully saturated rings. The highest BCUT2D eigenvalue weighted by Crippen LogP contribution is 2.26. The number of hydrogen-bond donors (Lipinski definition) is 0. The third-order valence-corrected chi connectivity index (χ3v) is 3.75. The molecule has 0 N–H and O–H groups in total. The van der Waals surface area contributed by atoms with Gasteiger partial charge >= 0.3 is 6.03 Å². The second-order valence-corrected chi connectivity index (χ2v) is 5.31. The molecule has 17 heavy (non-hydrogen) atoms. The average Bonchev–Trinajstić information content (AvgIpc) is 2.74. The van der Waals surface area contributed by atoms with Crippen LogP contribution in [0.3, 0.4) is 0 Å². The number of imidazole rings is 1. The van der Waals surface area contributed by atoms with Gasteiger partial charge in [-0.25, -0.2) is 9.36 Å². The summed E-state index contributed by atoms with van der Waals surface area (Å²) >= 11 is 0. The zero-order valence-electron chi connectivity index (χ0n) is 11.0. The molecule has 1 heterocycles. The molecule has 1 aromatic heterocycles. The SMILES string of the molecule is CC1CCCC(N(C)C(=O)n2cc[n+](C)c2)C1. The van der Waals surface area contributed by atoms with E-state index in [4.69, 9.17) is 0 Å². The van der Waals surface area contributed by atoms with Crippen molar-refractivity contribution in [3.05, 3.63) is 18.7 Å². The van der Waals surface area contributed by atoms with E-state index >= 15 is 0 Å². The zero-order valence-corrected chi connectivity index (χ0v) is 11.0. The van der Waals surface area contributed by atoms with Gasteiger partial charge in [0, 0.05) is 13.1 Å². The van der Waals surface area contributed by atoms with Gasteiger partial charge < -0.3 is 4.90 Å². The Balaban J connectivity index is 2.04. The van der Waals surface area contributed by atoms with Crippen LogP contribution in [0.1, 0.15) is 32.6 Å². The Bertz CT molecular complexity index is 399. The van der Waals surface area contributed by atoms with Crippen LogP contribution in [-0.2, 0) is 7.05 Å². The van der Waals surface area contributed by atoms with Gasteiger partial charge in [-0.05, 0) is 18.8 Å². The maximum atomic E-state index is 12.2. The molecule has 1 aliphatic carbocycles. The molecular formula is C13H22N3O+. The van der Waals surface area contributed by atoms with Crippen LogP contribution in [0.4, 0.5) is 4.79 Å². The smallest absolute Gasteiger partial charge is 0.304 e. The molecule has 94 valence electrons. The minimum absolute atomic E-state index is 0.0738. The summed E-state index contributed by atoms with van der Waals surface area (Å²) in [6, 6.07) is 0.476. The van der Waals surface area contributed by atoms with Gasteiger partial charge in [0.15, 0.2) is 0 Å². The van der Waals surface area contributed by atoms with Crippen molar-refractivity contribution in [2.24, 2.45) is 13.0 Å². The molecule has 0 saturated heterocycles. The molecule has 2 rings (SSSR count). The summed E-state index contributed by atoms with van der Waals surface area (Å²) in [6.45, 7) is 2.28. The van der Waals surface area contributed by atoms with Crippen molar-refractivity contribution in [3.63, 3.8) is 0 Å². The summed E-state index contributed by atoms with van der Waals surface area (Å²) < 4.78 is 3.54. The minimum atomic E-state index is 0.0738. The van der Waals surface area contributed by atoms with Crippen LogP contribution in [0.25, 0.3) is 0 Å². The molecule has 1 aliphatic rings. The van der Waals surface area contributed by atoms with E-state index in [2.05, 4.69) is 6.92 Å². The molecule has 1 amide bonds. The molecule has 1 aromatic rings. The van der Waals surface area contributed by atoms with Crippen molar-refractivity contribution < 1.29 is 9.36 Å². The third-order valence-electron chi connectivity index (χ3n) is 3.75. The standard InChI is InChI=1S/C13H22N3O/c1-11-5-4-6-12(9-11)15(3)13(17)16-8-7-14(2)10-16/h7-8,10-12H,4-6,9H2,1-3H3/q+1. The number of nitrogens with zero attached hydrogens (tertiary/aromatic N) is 3. The Hall–Kier alpha value is -1.32.